The van der Waals surface area contributed by atoms with Gasteiger partial charge < -0.3 is 15.3 Å². The molecule has 1 heterocycles. The first-order valence-electron chi connectivity index (χ1n) is 9.16. The maximum Gasteiger partial charge on any atom is 0.337 e. The molecule has 1 amide bonds. The summed E-state index contributed by atoms with van der Waals surface area (Å²) in [4.78, 5) is 29.8. The van der Waals surface area contributed by atoms with Crippen LogP contribution in [0.15, 0.2) is 54.7 Å². The molecule has 29 heavy (non-hydrogen) atoms. The maximum absolute atomic E-state index is 12.2. The summed E-state index contributed by atoms with van der Waals surface area (Å²) in [6.07, 6.45) is 1.66. The molecule has 0 aliphatic rings. The van der Waals surface area contributed by atoms with Crippen LogP contribution in [-0.4, -0.2) is 41.0 Å². The van der Waals surface area contributed by atoms with Gasteiger partial charge in [0.1, 0.15) is 0 Å². The fourth-order valence-electron chi connectivity index (χ4n) is 3.10. The van der Waals surface area contributed by atoms with Crippen molar-refractivity contribution in [2.24, 2.45) is 0 Å². The number of anilines is 2. The van der Waals surface area contributed by atoms with Crippen molar-refractivity contribution in [1.29, 1.82) is 0 Å². The normalized spacial score (nSPS) is 10.5. The largest absolute Gasteiger partial charge is 0.478 e. The van der Waals surface area contributed by atoms with Crippen LogP contribution in [0.1, 0.15) is 31.8 Å². The van der Waals surface area contributed by atoms with Gasteiger partial charge in [-0.25, -0.2) is 4.79 Å². The Balaban J connectivity index is 1.92. The predicted octanol–water partition coefficient (Wildman–Crippen LogP) is 4.51. The van der Waals surface area contributed by atoms with Crippen molar-refractivity contribution in [3.05, 3.63) is 77.0 Å². The molecule has 0 aliphatic heterocycles. The number of carboxylic acid groups (broad SMARTS) is 1. The standard InChI is InChI=1S/C23H23N3O3/c1-14-8-9-20(19(10-14)23(28)29)25-18-11-15(2)21(24-13-18)16-6-5-7-17(12-16)22(27)26(3)4/h5-13,25H,1-4H3,(H,28,29). The van der Waals surface area contributed by atoms with Crippen molar-refractivity contribution in [2.75, 3.05) is 19.4 Å². The van der Waals surface area contributed by atoms with Gasteiger partial charge in [0.05, 0.1) is 28.8 Å². The van der Waals surface area contributed by atoms with Crippen LogP contribution < -0.4 is 5.32 Å². The number of nitrogens with one attached hydrogen (secondary N) is 1. The van der Waals surface area contributed by atoms with E-state index in [-0.39, 0.29) is 11.5 Å². The first-order chi connectivity index (χ1) is 13.8. The minimum atomic E-state index is -0.986. The van der Waals surface area contributed by atoms with Crippen LogP contribution in [0.25, 0.3) is 11.3 Å². The number of aryl methyl sites for hydroxylation is 2. The Bertz CT molecular complexity index is 1090. The summed E-state index contributed by atoms with van der Waals surface area (Å²) in [5, 5.41) is 12.6. The highest BCUT2D eigenvalue weighted by molar-refractivity contribution is 5.96. The van der Waals surface area contributed by atoms with E-state index in [2.05, 4.69) is 10.3 Å². The molecular formula is C23H23N3O3. The van der Waals surface area contributed by atoms with Crippen LogP contribution in [0, 0.1) is 13.8 Å². The zero-order valence-electron chi connectivity index (χ0n) is 16.9. The molecule has 3 aromatic rings. The molecule has 0 unspecified atom stereocenters. The first-order valence-corrected chi connectivity index (χ1v) is 9.16. The Kier molecular flexibility index (Phi) is 5.64. The van der Waals surface area contributed by atoms with Gasteiger partial charge in [0.25, 0.3) is 5.91 Å². The van der Waals surface area contributed by atoms with Gasteiger partial charge in [-0.2, -0.15) is 0 Å². The first kappa shape index (κ1) is 20.1. The van der Waals surface area contributed by atoms with Crippen molar-refractivity contribution >= 4 is 23.3 Å². The summed E-state index contributed by atoms with van der Waals surface area (Å²) >= 11 is 0. The molecule has 0 fully saturated rings. The topological polar surface area (TPSA) is 82.5 Å². The highest BCUT2D eigenvalue weighted by Gasteiger charge is 2.13. The Morgan fingerprint density at radius 2 is 1.79 bits per heavy atom. The second kappa shape index (κ2) is 8.14. The Morgan fingerprint density at radius 3 is 2.45 bits per heavy atom. The molecule has 0 atom stereocenters. The number of amides is 1. The molecule has 0 saturated heterocycles. The number of pyridine rings is 1. The van der Waals surface area contributed by atoms with E-state index in [1.54, 1.807) is 38.5 Å². The van der Waals surface area contributed by atoms with Crippen LogP contribution in [0.5, 0.6) is 0 Å². The van der Waals surface area contributed by atoms with Gasteiger partial charge in [-0.1, -0.05) is 23.8 Å². The van der Waals surface area contributed by atoms with E-state index in [0.717, 1.165) is 22.4 Å². The molecule has 0 spiro atoms. The van der Waals surface area contributed by atoms with Gasteiger partial charge in [-0.05, 0) is 49.7 Å². The number of rotatable bonds is 5. The van der Waals surface area contributed by atoms with Gasteiger partial charge >= 0.3 is 5.97 Å². The second-order valence-corrected chi connectivity index (χ2v) is 7.15. The maximum atomic E-state index is 12.2. The van der Waals surface area contributed by atoms with Gasteiger partial charge in [0, 0.05) is 25.2 Å². The molecule has 0 aliphatic carbocycles. The van der Waals surface area contributed by atoms with Crippen molar-refractivity contribution in [3.8, 4) is 11.3 Å². The Morgan fingerprint density at radius 1 is 1.03 bits per heavy atom. The summed E-state index contributed by atoms with van der Waals surface area (Å²) in [5.41, 5.74) is 5.42. The fraction of sp³-hybridized carbons (Fsp3) is 0.174. The summed E-state index contributed by atoms with van der Waals surface area (Å²) in [5.74, 6) is -1.05. The van der Waals surface area contributed by atoms with E-state index >= 15 is 0 Å². The zero-order valence-corrected chi connectivity index (χ0v) is 16.9. The monoisotopic (exact) mass is 389 g/mol. The Labute approximate surface area is 169 Å². The van der Waals surface area contributed by atoms with Crippen LogP contribution in [0.2, 0.25) is 0 Å². The van der Waals surface area contributed by atoms with E-state index in [1.807, 2.05) is 44.2 Å². The molecule has 2 N–H and O–H groups in total. The SMILES string of the molecule is Cc1ccc(Nc2cnc(-c3cccc(C(=O)N(C)C)c3)c(C)c2)c(C(=O)O)c1. The predicted molar refractivity (Wildman–Crippen MR) is 114 cm³/mol. The molecule has 3 rings (SSSR count). The highest BCUT2D eigenvalue weighted by Crippen LogP contribution is 2.27. The molecule has 6 heteroatoms. The third-order valence-corrected chi connectivity index (χ3v) is 4.55. The lowest BCUT2D eigenvalue weighted by Crippen LogP contribution is -2.21. The number of hydrogen-bond acceptors (Lipinski definition) is 4. The molecule has 2 aromatic carbocycles. The summed E-state index contributed by atoms with van der Waals surface area (Å²) < 4.78 is 0. The molecule has 0 saturated carbocycles. The molecule has 6 nitrogen and oxygen atoms in total. The smallest absolute Gasteiger partial charge is 0.337 e. The molecule has 148 valence electrons. The lowest BCUT2D eigenvalue weighted by molar-refractivity contribution is 0.0697. The molecule has 0 bridgehead atoms. The number of carboxylic acids is 1. The number of carbonyl (C=O) groups excluding carboxylic acids is 1. The summed E-state index contributed by atoms with van der Waals surface area (Å²) in [6, 6.07) is 14.5. The molecule has 1 aromatic heterocycles. The van der Waals surface area contributed by atoms with E-state index in [4.69, 9.17) is 0 Å². The second-order valence-electron chi connectivity index (χ2n) is 7.15. The van der Waals surface area contributed by atoms with Crippen molar-refractivity contribution in [1.82, 2.24) is 9.88 Å². The van der Waals surface area contributed by atoms with E-state index < -0.39 is 5.97 Å². The quantitative estimate of drug-likeness (QED) is 0.671. The number of aromatic carboxylic acids is 1. The highest BCUT2D eigenvalue weighted by atomic mass is 16.4. The number of benzene rings is 2. The Hall–Kier alpha value is -3.67. The van der Waals surface area contributed by atoms with Crippen molar-refractivity contribution in [2.45, 2.75) is 13.8 Å². The molecule has 0 radical (unpaired) electrons. The van der Waals surface area contributed by atoms with Crippen LogP contribution in [-0.2, 0) is 0 Å². The van der Waals surface area contributed by atoms with Gasteiger partial charge in [-0.15, -0.1) is 0 Å². The average Bonchev–Trinajstić information content (AvgIpc) is 2.68. The van der Waals surface area contributed by atoms with Crippen molar-refractivity contribution < 1.29 is 14.7 Å². The lowest BCUT2D eigenvalue weighted by atomic mass is 10.0. The van der Waals surface area contributed by atoms with Gasteiger partial charge in [-0.3, -0.25) is 9.78 Å². The van der Waals surface area contributed by atoms with E-state index in [0.29, 0.717) is 16.9 Å². The number of aromatic nitrogens is 1. The minimum Gasteiger partial charge on any atom is -0.478 e. The van der Waals surface area contributed by atoms with E-state index in [1.165, 1.54) is 4.90 Å². The van der Waals surface area contributed by atoms with Crippen LogP contribution >= 0.6 is 0 Å². The van der Waals surface area contributed by atoms with Crippen LogP contribution in [0.4, 0.5) is 11.4 Å². The lowest BCUT2D eigenvalue weighted by Gasteiger charge is -2.14. The summed E-state index contributed by atoms with van der Waals surface area (Å²) in [6.45, 7) is 3.78. The third kappa shape index (κ3) is 4.43. The minimum absolute atomic E-state index is 0.0663. The van der Waals surface area contributed by atoms with Gasteiger partial charge in [0.2, 0.25) is 0 Å². The van der Waals surface area contributed by atoms with E-state index in [9.17, 15) is 14.7 Å². The average molecular weight is 389 g/mol. The van der Waals surface area contributed by atoms with Crippen molar-refractivity contribution in [3.63, 3.8) is 0 Å². The zero-order chi connectivity index (χ0) is 21.1. The number of hydrogen-bond donors (Lipinski definition) is 2. The summed E-state index contributed by atoms with van der Waals surface area (Å²) in [7, 11) is 3.44. The number of carbonyl (C=O) groups is 2. The molecular weight excluding hydrogens is 366 g/mol. The fourth-order valence-corrected chi connectivity index (χ4v) is 3.10. The van der Waals surface area contributed by atoms with Crippen LogP contribution in [0.3, 0.4) is 0 Å². The number of nitrogens with zero attached hydrogens (tertiary/aromatic N) is 2. The third-order valence-electron chi connectivity index (χ3n) is 4.55. The van der Waals surface area contributed by atoms with Gasteiger partial charge in [0.15, 0.2) is 0 Å².